The minimum Gasteiger partial charge on any atom is -0.468 e. The van der Waals surface area contributed by atoms with Gasteiger partial charge in [-0.1, -0.05) is 0 Å². The molecule has 0 fully saturated rings. The molecular formula is C13H14F3N3O5. The molecule has 0 unspecified atom stereocenters. The number of carbonyl (C=O) groups excluding carboxylic acids is 3. The minimum atomic E-state index is -4.50. The molecule has 0 saturated heterocycles. The van der Waals surface area contributed by atoms with Gasteiger partial charge in [0, 0.05) is 18.8 Å². The van der Waals surface area contributed by atoms with Gasteiger partial charge in [0.25, 0.3) is 5.91 Å². The number of carbonyl (C=O) groups is 3. The summed E-state index contributed by atoms with van der Waals surface area (Å²) in [6.45, 7) is -0.251. The summed E-state index contributed by atoms with van der Waals surface area (Å²) in [5.74, 6) is -2.10. The van der Waals surface area contributed by atoms with E-state index in [1.807, 2.05) is 5.32 Å². The molecule has 3 amide bonds. The highest BCUT2D eigenvalue weighted by Gasteiger charge is 2.28. The fraction of sp³-hybridized carbons (Fsp3) is 0.385. The van der Waals surface area contributed by atoms with Crippen LogP contribution in [-0.2, 0) is 9.53 Å². The van der Waals surface area contributed by atoms with Crippen LogP contribution in [0.4, 0.5) is 18.0 Å². The Morgan fingerprint density at radius 1 is 1.25 bits per heavy atom. The zero-order valence-electron chi connectivity index (χ0n) is 12.5. The number of nitrogens with one attached hydrogen (secondary N) is 2. The van der Waals surface area contributed by atoms with Crippen molar-refractivity contribution in [3.63, 3.8) is 0 Å². The average Bonchev–Trinajstić information content (AvgIpc) is 2.50. The monoisotopic (exact) mass is 349 g/mol. The second kappa shape index (κ2) is 8.70. The molecule has 0 atom stereocenters. The lowest BCUT2D eigenvalue weighted by molar-refractivity contribution is -0.154. The molecule has 24 heavy (non-hydrogen) atoms. The van der Waals surface area contributed by atoms with E-state index < -0.39 is 37.3 Å². The molecule has 0 aliphatic heterocycles. The van der Waals surface area contributed by atoms with Crippen molar-refractivity contribution >= 4 is 17.9 Å². The second-order valence-corrected chi connectivity index (χ2v) is 4.27. The SMILES string of the molecule is CCNC(=O)NC(=O)COC(=O)c1ccc(OCC(F)(F)F)nc1. The number of nitrogens with zero attached hydrogens (tertiary/aromatic N) is 1. The average molecular weight is 349 g/mol. The lowest BCUT2D eigenvalue weighted by Gasteiger charge is -2.09. The summed E-state index contributed by atoms with van der Waals surface area (Å²) in [5, 5.41) is 4.23. The molecule has 11 heteroatoms. The Hall–Kier alpha value is -2.85. The van der Waals surface area contributed by atoms with Crippen LogP contribution in [0.1, 0.15) is 17.3 Å². The molecule has 0 aromatic carbocycles. The minimum absolute atomic E-state index is 0.0971. The van der Waals surface area contributed by atoms with Crippen molar-refractivity contribution < 1.29 is 37.0 Å². The lowest BCUT2D eigenvalue weighted by Crippen LogP contribution is -2.41. The topological polar surface area (TPSA) is 107 Å². The number of alkyl halides is 3. The zero-order chi connectivity index (χ0) is 18.2. The number of rotatable bonds is 6. The van der Waals surface area contributed by atoms with Crippen LogP contribution < -0.4 is 15.4 Å². The van der Waals surface area contributed by atoms with Crippen LogP contribution in [-0.4, -0.2) is 48.8 Å². The number of pyridine rings is 1. The van der Waals surface area contributed by atoms with E-state index in [0.29, 0.717) is 6.54 Å². The van der Waals surface area contributed by atoms with Gasteiger partial charge in [0.2, 0.25) is 5.88 Å². The molecule has 0 aliphatic carbocycles. The van der Waals surface area contributed by atoms with Crippen LogP contribution in [0.3, 0.4) is 0 Å². The van der Waals surface area contributed by atoms with E-state index in [-0.39, 0.29) is 11.4 Å². The number of ether oxygens (including phenoxy) is 2. The maximum Gasteiger partial charge on any atom is 0.422 e. The van der Waals surface area contributed by atoms with Crippen molar-refractivity contribution in [3.8, 4) is 5.88 Å². The summed E-state index contributed by atoms with van der Waals surface area (Å²) in [6.07, 6.45) is -3.56. The van der Waals surface area contributed by atoms with Crippen molar-refractivity contribution in [1.82, 2.24) is 15.6 Å². The molecule has 1 aromatic rings. The van der Waals surface area contributed by atoms with E-state index in [1.165, 1.54) is 0 Å². The van der Waals surface area contributed by atoms with Crippen molar-refractivity contribution in [3.05, 3.63) is 23.9 Å². The predicted molar refractivity (Wildman–Crippen MR) is 73.3 cm³/mol. The van der Waals surface area contributed by atoms with Gasteiger partial charge in [0.1, 0.15) is 0 Å². The number of halogens is 3. The maximum atomic E-state index is 12.0. The predicted octanol–water partition coefficient (Wildman–Crippen LogP) is 1.03. The van der Waals surface area contributed by atoms with Crippen LogP contribution in [0.2, 0.25) is 0 Å². The van der Waals surface area contributed by atoms with Gasteiger partial charge < -0.3 is 14.8 Å². The number of hydrogen-bond donors (Lipinski definition) is 2. The molecule has 0 aliphatic rings. The van der Waals surface area contributed by atoms with Gasteiger partial charge in [0.15, 0.2) is 13.2 Å². The summed E-state index contributed by atoms with van der Waals surface area (Å²) in [4.78, 5) is 37.5. The Labute approximate surface area is 134 Å². The van der Waals surface area contributed by atoms with Crippen LogP contribution in [0, 0.1) is 0 Å². The summed E-state index contributed by atoms with van der Waals surface area (Å²) >= 11 is 0. The summed E-state index contributed by atoms with van der Waals surface area (Å²) in [7, 11) is 0. The first kappa shape index (κ1) is 19.2. The highest BCUT2D eigenvalue weighted by Crippen LogP contribution is 2.17. The first-order valence-electron chi connectivity index (χ1n) is 6.61. The zero-order valence-corrected chi connectivity index (χ0v) is 12.5. The molecule has 0 radical (unpaired) electrons. The largest absolute Gasteiger partial charge is 0.468 e. The van der Waals surface area contributed by atoms with Gasteiger partial charge in [-0.15, -0.1) is 0 Å². The molecule has 2 N–H and O–H groups in total. The summed E-state index contributed by atoms with van der Waals surface area (Å²) < 4.78 is 44.9. The van der Waals surface area contributed by atoms with E-state index in [1.54, 1.807) is 6.92 Å². The van der Waals surface area contributed by atoms with Gasteiger partial charge in [-0.25, -0.2) is 14.6 Å². The molecule has 1 rings (SSSR count). The third-order valence-corrected chi connectivity index (χ3v) is 2.28. The van der Waals surface area contributed by atoms with E-state index in [2.05, 4.69) is 19.8 Å². The summed E-state index contributed by atoms with van der Waals surface area (Å²) in [6, 6.07) is 1.45. The Bertz CT molecular complexity index is 590. The van der Waals surface area contributed by atoms with Crippen LogP contribution >= 0.6 is 0 Å². The van der Waals surface area contributed by atoms with Gasteiger partial charge >= 0.3 is 18.2 Å². The molecule has 0 saturated carbocycles. The Kier molecular flexibility index (Phi) is 6.96. The molecule has 1 aromatic heterocycles. The normalized spacial score (nSPS) is 10.7. The van der Waals surface area contributed by atoms with Gasteiger partial charge in [-0.3, -0.25) is 10.1 Å². The van der Waals surface area contributed by atoms with Crippen LogP contribution in [0.15, 0.2) is 18.3 Å². The molecule has 0 spiro atoms. The van der Waals surface area contributed by atoms with Crippen molar-refractivity contribution in [1.29, 1.82) is 0 Å². The van der Waals surface area contributed by atoms with Gasteiger partial charge in [-0.2, -0.15) is 13.2 Å². The summed E-state index contributed by atoms with van der Waals surface area (Å²) in [5.41, 5.74) is -0.0971. The smallest absolute Gasteiger partial charge is 0.422 e. The number of aromatic nitrogens is 1. The third kappa shape index (κ3) is 7.42. The Morgan fingerprint density at radius 2 is 1.96 bits per heavy atom. The Balaban J connectivity index is 2.45. The number of imide groups is 1. The highest BCUT2D eigenvalue weighted by atomic mass is 19.4. The standard InChI is InChI=1S/C13H14F3N3O5/c1-2-17-12(22)19-9(20)6-23-11(21)8-3-4-10(18-5-8)24-7-13(14,15)16/h3-5H,2,6-7H2,1H3,(H2,17,19,20,22). The van der Waals surface area contributed by atoms with Crippen LogP contribution in [0.5, 0.6) is 5.88 Å². The van der Waals surface area contributed by atoms with Crippen LogP contribution in [0.25, 0.3) is 0 Å². The van der Waals surface area contributed by atoms with E-state index >= 15 is 0 Å². The molecule has 0 bridgehead atoms. The first-order chi connectivity index (χ1) is 11.2. The van der Waals surface area contributed by atoms with E-state index in [9.17, 15) is 27.6 Å². The van der Waals surface area contributed by atoms with Crippen molar-refractivity contribution in [2.45, 2.75) is 13.1 Å². The fourth-order valence-electron chi connectivity index (χ4n) is 1.32. The molecule has 132 valence electrons. The number of hydrogen-bond acceptors (Lipinski definition) is 6. The van der Waals surface area contributed by atoms with E-state index in [0.717, 1.165) is 18.3 Å². The molecule has 1 heterocycles. The number of amides is 3. The first-order valence-corrected chi connectivity index (χ1v) is 6.61. The van der Waals surface area contributed by atoms with Crippen molar-refractivity contribution in [2.24, 2.45) is 0 Å². The second-order valence-electron chi connectivity index (χ2n) is 4.27. The molecular weight excluding hydrogens is 335 g/mol. The number of urea groups is 1. The van der Waals surface area contributed by atoms with Gasteiger partial charge in [-0.05, 0) is 13.0 Å². The fourth-order valence-corrected chi connectivity index (χ4v) is 1.32. The highest BCUT2D eigenvalue weighted by molar-refractivity contribution is 5.96. The number of esters is 1. The van der Waals surface area contributed by atoms with E-state index in [4.69, 9.17) is 0 Å². The Morgan fingerprint density at radius 3 is 2.50 bits per heavy atom. The third-order valence-electron chi connectivity index (χ3n) is 2.28. The molecule has 8 nitrogen and oxygen atoms in total. The van der Waals surface area contributed by atoms with Gasteiger partial charge in [0.05, 0.1) is 5.56 Å². The van der Waals surface area contributed by atoms with Crippen molar-refractivity contribution in [2.75, 3.05) is 19.8 Å². The lowest BCUT2D eigenvalue weighted by atomic mass is 10.3. The maximum absolute atomic E-state index is 12.0. The quantitative estimate of drug-likeness (QED) is 0.743.